The number of aliphatic hydroxyl groups excluding tert-OH is 1. The lowest BCUT2D eigenvalue weighted by molar-refractivity contribution is -0.147. The maximum atomic E-state index is 12.3. The highest BCUT2D eigenvalue weighted by Gasteiger charge is 2.28. The van der Waals surface area contributed by atoms with Crippen LogP contribution in [-0.2, 0) is 32.7 Å². The quantitative estimate of drug-likeness (QED) is 0.0212. The summed E-state index contributed by atoms with van der Waals surface area (Å²) in [4.78, 5) is 45.5. The average molecular weight is 720 g/mol. The topological polar surface area (TPSA) is 169 Å². The van der Waals surface area contributed by atoms with Crippen molar-refractivity contribution in [3.8, 4) is 0 Å². The van der Waals surface area contributed by atoms with Gasteiger partial charge in [-0.25, -0.2) is 9.36 Å². The minimum absolute atomic E-state index is 0.146. The van der Waals surface area contributed by atoms with Gasteiger partial charge in [0.2, 0.25) is 5.91 Å². The summed E-state index contributed by atoms with van der Waals surface area (Å²) in [6.07, 6.45) is 29.9. The molecule has 11 nitrogen and oxygen atoms in total. The Hall–Kier alpha value is -1.78. The number of allylic oxidation sites excluding steroid dienone is 2. The number of hydrogen-bond acceptors (Lipinski definition) is 8. The summed E-state index contributed by atoms with van der Waals surface area (Å²) in [5, 5.41) is 21.6. The summed E-state index contributed by atoms with van der Waals surface area (Å²) in [5.74, 6) is -2.38. The van der Waals surface area contributed by atoms with E-state index in [9.17, 15) is 34.1 Å². The van der Waals surface area contributed by atoms with E-state index in [0.717, 1.165) is 44.9 Å². The van der Waals surface area contributed by atoms with Gasteiger partial charge in [-0.2, -0.15) is 0 Å². The SMILES string of the molecule is CCCCCCCC/C=C/CCCCCCCCCCCC(=O)NC(COP(=O)(O)OCC(O)COC(=O)CCCCCCCC)C(=O)O. The molecule has 12 heteroatoms. The number of esters is 1. The van der Waals surface area contributed by atoms with E-state index in [1.54, 1.807) is 0 Å². The Morgan fingerprint density at radius 1 is 0.633 bits per heavy atom. The molecule has 0 spiro atoms. The third-order valence-corrected chi connectivity index (χ3v) is 9.26. The molecule has 0 aromatic rings. The van der Waals surface area contributed by atoms with Gasteiger partial charge in [0.15, 0.2) is 6.04 Å². The lowest BCUT2D eigenvalue weighted by Crippen LogP contribution is -2.43. The second-order valence-electron chi connectivity index (χ2n) is 13.1. The van der Waals surface area contributed by atoms with Gasteiger partial charge < -0.3 is 25.2 Å². The molecular weight excluding hydrogens is 649 g/mol. The first-order valence-electron chi connectivity index (χ1n) is 19.2. The molecule has 0 aliphatic heterocycles. The van der Waals surface area contributed by atoms with Gasteiger partial charge in [0.05, 0.1) is 13.2 Å². The Morgan fingerprint density at radius 2 is 1.06 bits per heavy atom. The van der Waals surface area contributed by atoms with Crippen LogP contribution in [0.1, 0.15) is 174 Å². The number of carboxylic acid groups (broad SMARTS) is 1. The molecule has 0 heterocycles. The van der Waals surface area contributed by atoms with E-state index in [1.165, 1.54) is 89.9 Å². The van der Waals surface area contributed by atoms with Crippen LogP contribution in [0.5, 0.6) is 0 Å². The number of unbranched alkanes of at least 4 members (excludes halogenated alkanes) is 20. The molecule has 4 N–H and O–H groups in total. The molecule has 0 aliphatic carbocycles. The van der Waals surface area contributed by atoms with Gasteiger partial charge in [-0.05, 0) is 38.5 Å². The van der Waals surface area contributed by atoms with Gasteiger partial charge in [-0.1, -0.05) is 135 Å². The Morgan fingerprint density at radius 3 is 1.55 bits per heavy atom. The Kier molecular flexibility index (Phi) is 32.2. The number of aliphatic carboxylic acids is 1. The molecule has 3 unspecified atom stereocenters. The molecule has 0 aliphatic rings. The lowest BCUT2D eigenvalue weighted by atomic mass is 10.1. The van der Waals surface area contributed by atoms with Gasteiger partial charge in [-0.3, -0.25) is 18.6 Å². The van der Waals surface area contributed by atoms with Crippen LogP contribution in [-0.4, -0.2) is 64.9 Å². The van der Waals surface area contributed by atoms with Crippen molar-refractivity contribution in [2.24, 2.45) is 0 Å². The van der Waals surface area contributed by atoms with Gasteiger partial charge in [-0.15, -0.1) is 0 Å². The van der Waals surface area contributed by atoms with Gasteiger partial charge in [0, 0.05) is 12.8 Å². The van der Waals surface area contributed by atoms with Crippen molar-refractivity contribution in [1.29, 1.82) is 0 Å². The van der Waals surface area contributed by atoms with E-state index in [2.05, 4.69) is 31.3 Å². The molecule has 0 aromatic heterocycles. The number of amides is 1. The third kappa shape index (κ3) is 33.1. The molecular formula is C37H70NO10P. The summed E-state index contributed by atoms with van der Waals surface area (Å²) in [5.41, 5.74) is 0. The van der Waals surface area contributed by atoms with E-state index < -0.39 is 57.6 Å². The zero-order chi connectivity index (χ0) is 36.4. The molecule has 0 bridgehead atoms. The summed E-state index contributed by atoms with van der Waals surface area (Å²) in [7, 11) is -4.74. The minimum Gasteiger partial charge on any atom is -0.480 e. The van der Waals surface area contributed by atoms with Crippen LogP contribution in [0.2, 0.25) is 0 Å². The predicted octanol–water partition coefficient (Wildman–Crippen LogP) is 8.94. The second kappa shape index (κ2) is 33.4. The lowest BCUT2D eigenvalue weighted by Gasteiger charge is -2.18. The third-order valence-electron chi connectivity index (χ3n) is 8.30. The molecule has 49 heavy (non-hydrogen) atoms. The number of rotatable bonds is 36. The van der Waals surface area contributed by atoms with Crippen LogP contribution in [0.15, 0.2) is 12.2 Å². The molecule has 3 atom stereocenters. The number of hydrogen-bond donors (Lipinski definition) is 4. The zero-order valence-electron chi connectivity index (χ0n) is 30.8. The maximum Gasteiger partial charge on any atom is 0.472 e. The van der Waals surface area contributed by atoms with Crippen LogP contribution >= 0.6 is 7.82 Å². The van der Waals surface area contributed by atoms with Crippen LogP contribution in [0.3, 0.4) is 0 Å². The van der Waals surface area contributed by atoms with Crippen molar-refractivity contribution >= 4 is 25.7 Å². The number of aliphatic hydroxyl groups is 1. The van der Waals surface area contributed by atoms with Crippen LogP contribution in [0, 0.1) is 0 Å². The minimum atomic E-state index is -4.74. The first-order chi connectivity index (χ1) is 23.6. The molecule has 0 radical (unpaired) electrons. The van der Waals surface area contributed by atoms with E-state index in [-0.39, 0.29) is 12.8 Å². The van der Waals surface area contributed by atoms with E-state index in [4.69, 9.17) is 13.8 Å². The fourth-order valence-electron chi connectivity index (χ4n) is 5.25. The van der Waals surface area contributed by atoms with Crippen molar-refractivity contribution in [3.63, 3.8) is 0 Å². The smallest absolute Gasteiger partial charge is 0.472 e. The average Bonchev–Trinajstić information content (AvgIpc) is 3.07. The van der Waals surface area contributed by atoms with Crippen molar-refractivity contribution < 1.29 is 47.8 Å². The summed E-state index contributed by atoms with van der Waals surface area (Å²) in [6.45, 7) is 2.50. The number of phosphoric ester groups is 1. The summed E-state index contributed by atoms with van der Waals surface area (Å²) < 4.78 is 26.6. The Balaban J connectivity index is 3.90. The molecule has 0 fully saturated rings. The molecule has 0 saturated heterocycles. The van der Waals surface area contributed by atoms with Gasteiger partial charge >= 0.3 is 19.8 Å². The second-order valence-corrected chi connectivity index (χ2v) is 14.6. The summed E-state index contributed by atoms with van der Waals surface area (Å²) in [6, 6.07) is -1.54. The zero-order valence-corrected chi connectivity index (χ0v) is 31.6. The van der Waals surface area contributed by atoms with Crippen molar-refractivity contribution in [1.82, 2.24) is 5.32 Å². The first-order valence-corrected chi connectivity index (χ1v) is 20.7. The monoisotopic (exact) mass is 719 g/mol. The fraction of sp³-hybridized carbons (Fsp3) is 0.865. The van der Waals surface area contributed by atoms with Crippen LogP contribution < -0.4 is 5.32 Å². The molecule has 0 rings (SSSR count). The first kappa shape index (κ1) is 47.2. The number of phosphoric acid groups is 1. The molecule has 288 valence electrons. The van der Waals surface area contributed by atoms with Gasteiger partial charge in [0.25, 0.3) is 0 Å². The normalized spacial score (nSPS) is 14.0. The predicted molar refractivity (Wildman–Crippen MR) is 194 cm³/mol. The van der Waals surface area contributed by atoms with Crippen molar-refractivity contribution in [3.05, 3.63) is 12.2 Å². The van der Waals surface area contributed by atoms with Crippen LogP contribution in [0.4, 0.5) is 0 Å². The number of ether oxygens (including phenoxy) is 1. The van der Waals surface area contributed by atoms with Crippen molar-refractivity contribution in [2.45, 2.75) is 187 Å². The maximum absolute atomic E-state index is 12.3. The molecule has 0 saturated carbocycles. The number of carboxylic acids is 1. The Bertz CT molecular complexity index is 900. The van der Waals surface area contributed by atoms with E-state index >= 15 is 0 Å². The number of carbonyl (C=O) groups is 3. The number of carbonyl (C=O) groups excluding carboxylic acids is 2. The molecule has 1 amide bonds. The highest BCUT2D eigenvalue weighted by Crippen LogP contribution is 2.43. The largest absolute Gasteiger partial charge is 0.480 e. The van der Waals surface area contributed by atoms with Crippen LogP contribution in [0.25, 0.3) is 0 Å². The highest BCUT2D eigenvalue weighted by atomic mass is 31.2. The van der Waals surface area contributed by atoms with E-state index in [0.29, 0.717) is 12.8 Å². The van der Waals surface area contributed by atoms with Crippen molar-refractivity contribution in [2.75, 3.05) is 19.8 Å². The summed E-state index contributed by atoms with van der Waals surface area (Å²) >= 11 is 0. The Labute approximate surface area is 296 Å². The highest BCUT2D eigenvalue weighted by molar-refractivity contribution is 7.47. The molecule has 0 aromatic carbocycles. The van der Waals surface area contributed by atoms with E-state index in [1.807, 2.05) is 0 Å². The van der Waals surface area contributed by atoms with Gasteiger partial charge in [0.1, 0.15) is 12.7 Å². The standard InChI is InChI=1S/C37H70NO10P/c1-3-5-7-9-11-12-13-14-15-16-17-18-19-20-21-22-23-24-26-28-35(40)38-34(37(42)43)32-48-49(44,45)47-31-33(39)30-46-36(41)29-27-25-10-8-6-4-2/h14-15,33-34,39H,3-13,16-32H2,1-2H3,(H,38,40)(H,42,43)(H,44,45)/b15-14+. The number of nitrogens with one attached hydrogen (secondary N) is 1. The fourth-order valence-corrected chi connectivity index (χ4v) is 6.02.